The molecule has 1 aromatic carbocycles. The number of aliphatic hydroxyl groups is 2. The Bertz CT molecular complexity index is 1640. The molecule has 0 radical (unpaired) electrons. The minimum atomic E-state index is -1.18. The van der Waals surface area contributed by atoms with E-state index < -0.39 is 30.2 Å². The fourth-order valence-corrected chi connectivity index (χ4v) is 6.08. The van der Waals surface area contributed by atoms with Crippen molar-refractivity contribution in [3.63, 3.8) is 0 Å². The van der Waals surface area contributed by atoms with Gasteiger partial charge < -0.3 is 29.2 Å². The molecule has 15 nitrogen and oxygen atoms in total. The SMILES string of the molecule is CCCOc1c2c(c(CO)c3c1C(=CC[NH+]1C=CNC1[NH+]1CN=C4C(=O)NC(=N)N=C41)C=C(C(=O)OCC)O3)OC(C(C)(C)O)C2. The number of amides is 1. The van der Waals surface area contributed by atoms with Gasteiger partial charge in [0.15, 0.2) is 6.67 Å². The van der Waals surface area contributed by atoms with E-state index in [0.717, 1.165) is 16.2 Å². The van der Waals surface area contributed by atoms with Crippen LogP contribution in [-0.2, 0) is 27.4 Å². The van der Waals surface area contributed by atoms with E-state index in [1.165, 1.54) is 0 Å². The van der Waals surface area contributed by atoms with E-state index in [2.05, 4.69) is 20.6 Å². The number of aliphatic hydroxyl groups excluding tert-OH is 1. The highest BCUT2D eigenvalue weighted by Crippen LogP contribution is 2.53. The zero-order valence-electron chi connectivity index (χ0n) is 26.2. The molecule has 0 aliphatic carbocycles. The Kier molecular flexibility index (Phi) is 8.41. The van der Waals surface area contributed by atoms with Crippen molar-refractivity contribution in [1.82, 2.24) is 10.6 Å². The lowest BCUT2D eigenvalue weighted by molar-refractivity contribution is -1.05. The van der Waals surface area contributed by atoms with Crippen LogP contribution in [0.3, 0.4) is 0 Å². The highest BCUT2D eigenvalue weighted by atomic mass is 16.6. The van der Waals surface area contributed by atoms with Crippen LogP contribution in [0.1, 0.15) is 50.8 Å². The van der Waals surface area contributed by atoms with Crippen LogP contribution in [0.4, 0.5) is 0 Å². The maximum atomic E-state index is 13.0. The molecule has 6 rings (SSSR count). The summed E-state index contributed by atoms with van der Waals surface area (Å²) in [7, 11) is 0. The number of carbonyl (C=O) groups is 2. The number of amidine groups is 1. The Morgan fingerprint density at radius 2 is 2.11 bits per heavy atom. The first-order chi connectivity index (χ1) is 22.0. The average Bonchev–Trinajstić information content (AvgIpc) is 3.76. The summed E-state index contributed by atoms with van der Waals surface area (Å²) in [6.45, 7) is 7.78. The Labute approximate surface area is 265 Å². The van der Waals surface area contributed by atoms with E-state index in [-0.39, 0.29) is 42.7 Å². The molecule has 1 amide bonds. The number of esters is 1. The second kappa shape index (κ2) is 12.3. The van der Waals surface area contributed by atoms with Crippen LogP contribution >= 0.6 is 0 Å². The van der Waals surface area contributed by atoms with Crippen molar-refractivity contribution in [1.29, 1.82) is 5.41 Å². The normalized spacial score (nSPS) is 25.3. The summed E-state index contributed by atoms with van der Waals surface area (Å²) in [6, 6.07) is 0. The molecule has 7 N–H and O–H groups in total. The summed E-state index contributed by atoms with van der Waals surface area (Å²) < 4.78 is 24.0. The number of fused-ring (bicyclic) bond motifs is 3. The molecule has 0 saturated heterocycles. The summed E-state index contributed by atoms with van der Waals surface area (Å²) in [4.78, 5) is 35.7. The van der Waals surface area contributed by atoms with Crippen LogP contribution in [0.15, 0.2) is 40.3 Å². The molecule has 1 aromatic rings. The first-order valence-corrected chi connectivity index (χ1v) is 15.3. The number of nitrogens with zero attached hydrogens (tertiary/aromatic N) is 2. The lowest BCUT2D eigenvalue weighted by Crippen LogP contribution is -3.36. The molecule has 4 unspecified atom stereocenters. The Balaban J connectivity index is 1.41. The predicted octanol–water partition coefficient (Wildman–Crippen LogP) is -1.73. The van der Waals surface area contributed by atoms with Crippen molar-refractivity contribution >= 4 is 35.0 Å². The van der Waals surface area contributed by atoms with Gasteiger partial charge in [-0.05, 0) is 44.9 Å². The zero-order valence-corrected chi connectivity index (χ0v) is 26.2. The Morgan fingerprint density at radius 1 is 1.30 bits per heavy atom. The first-order valence-electron chi connectivity index (χ1n) is 15.3. The maximum Gasteiger partial charge on any atom is 0.374 e. The van der Waals surface area contributed by atoms with Crippen LogP contribution in [-0.4, -0.2) is 84.0 Å². The average molecular weight is 638 g/mol. The van der Waals surface area contributed by atoms with Gasteiger partial charge in [0.25, 0.3) is 11.7 Å². The van der Waals surface area contributed by atoms with E-state index in [1.54, 1.807) is 26.8 Å². The number of allylic oxidation sites excluding steroid dienone is 2. The van der Waals surface area contributed by atoms with Gasteiger partial charge >= 0.3 is 12.3 Å². The van der Waals surface area contributed by atoms with Gasteiger partial charge in [0.05, 0.1) is 42.7 Å². The van der Waals surface area contributed by atoms with E-state index in [9.17, 15) is 19.8 Å². The van der Waals surface area contributed by atoms with Gasteiger partial charge in [-0.15, -0.1) is 0 Å². The minimum absolute atomic E-state index is 0.0559. The number of quaternary nitrogens is 2. The molecule has 0 spiro atoms. The number of benzene rings is 1. The molecule has 244 valence electrons. The van der Waals surface area contributed by atoms with Crippen molar-refractivity contribution in [2.24, 2.45) is 9.98 Å². The molecule has 0 saturated carbocycles. The van der Waals surface area contributed by atoms with Crippen LogP contribution in [0.25, 0.3) is 5.57 Å². The zero-order chi connectivity index (χ0) is 32.7. The molecule has 46 heavy (non-hydrogen) atoms. The summed E-state index contributed by atoms with van der Waals surface area (Å²) in [5, 5.41) is 35.0. The number of carbonyl (C=O) groups excluding carboxylic acids is 2. The number of guanidine groups is 1. The Hall–Kier alpha value is -4.57. The van der Waals surface area contributed by atoms with Gasteiger partial charge in [-0.2, -0.15) is 9.89 Å². The lowest BCUT2D eigenvalue weighted by Gasteiger charge is -2.27. The second-order valence-corrected chi connectivity index (χ2v) is 11.9. The monoisotopic (exact) mass is 637 g/mol. The number of hydrogen-bond acceptors (Lipinski definition) is 11. The summed E-state index contributed by atoms with van der Waals surface area (Å²) in [5.41, 5.74) is 1.27. The third kappa shape index (κ3) is 5.55. The van der Waals surface area contributed by atoms with Crippen molar-refractivity contribution in [3.8, 4) is 17.2 Å². The van der Waals surface area contributed by atoms with E-state index in [1.807, 2.05) is 25.4 Å². The summed E-state index contributed by atoms with van der Waals surface area (Å²) >= 11 is 0. The molecule has 5 aliphatic rings. The van der Waals surface area contributed by atoms with E-state index in [0.29, 0.717) is 59.2 Å². The topological polar surface area (TPSA) is 193 Å². The van der Waals surface area contributed by atoms with Gasteiger partial charge in [0.1, 0.15) is 36.1 Å². The number of hydrogen-bond donors (Lipinski definition) is 7. The van der Waals surface area contributed by atoms with Crippen LogP contribution in [0, 0.1) is 5.41 Å². The highest BCUT2D eigenvalue weighted by Gasteiger charge is 2.47. The van der Waals surface area contributed by atoms with Gasteiger partial charge in [-0.25, -0.2) is 14.7 Å². The quantitative estimate of drug-likeness (QED) is 0.146. The fourth-order valence-electron chi connectivity index (χ4n) is 6.08. The molecule has 0 aromatic heterocycles. The van der Waals surface area contributed by atoms with Crippen LogP contribution in [0.5, 0.6) is 17.2 Å². The molecular formula is C31H39N7O8+2. The third-order valence-electron chi connectivity index (χ3n) is 8.30. The van der Waals surface area contributed by atoms with Crippen LogP contribution < -0.4 is 34.6 Å². The second-order valence-electron chi connectivity index (χ2n) is 11.9. The fraction of sp³-hybridized carbons (Fsp3) is 0.452. The highest BCUT2D eigenvalue weighted by molar-refractivity contribution is 6.68. The molecule has 4 atom stereocenters. The third-order valence-corrected chi connectivity index (χ3v) is 8.30. The molecule has 5 aliphatic heterocycles. The number of ether oxygens (including phenoxy) is 4. The summed E-state index contributed by atoms with van der Waals surface area (Å²) in [5.74, 6) is 0.116. The molecule has 0 bridgehead atoms. The molecule has 0 fully saturated rings. The lowest BCUT2D eigenvalue weighted by atomic mass is 9.90. The van der Waals surface area contributed by atoms with Gasteiger partial charge in [0.2, 0.25) is 17.4 Å². The number of aliphatic imine (C=N–C) groups is 2. The maximum absolute atomic E-state index is 13.0. The predicted molar refractivity (Wildman–Crippen MR) is 164 cm³/mol. The standard InChI is InChI=1S/C31H37N7O8/c1-5-11-44-24-17-13-20(31(3,4)42)46-23(17)18(14-39)25-21(24)16(12-19(45-25)28(41)43-6-2)7-9-37-10-8-33-30(37)38-15-34-22-26(38)35-29(32)36-27(22)40/h7-8,10,12,20,30,33,39,42H,5-6,9,11,13-15H2,1-4H3,(H2,32,36,40)/p+2. The van der Waals surface area contributed by atoms with Crippen molar-refractivity contribution in [2.45, 2.75) is 65.1 Å². The first kappa shape index (κ1) is 31.4. The molecule has 15 heteroatoms. The van der Waals surface area contributed by atoms with Gasteiger partial charge in [0, 0.05) is 12.0 Å². The largest absolute Gasteiger partial charge is 0.492 e. The minimum Gasteiger partial charge on any atom is -0.492 e. The number of rotatable bonds is 10. The summed E-state index contributed by atoms with van der Waals surface area (Å²) in [6.07, 6.45) is 7.47. The molecular weight excluding hydrogens is 598 g/mol. The van der Waals surface area contributed by atoms with Crippen molar-refractivity contribution in [3.05, 3.63) is 47.0 Å². The molecule has 5 heterocycles. The van der Waals surface area contributed by atoms with Crippen molar-refractivity contribution < 1.29 is 48.5 Å². The van der Waals surface area contributed by atoms with E-state index >= 15 is 0 Å². The van der Waals surface area contributed by atoms with Crippen LogP contribution in [0.2, 0.25) is 0 Å². The van der Waals surface area contributed by atoms with Gasteiger partial charge in [-0.3, -0.25) is 20.8 Å². The number of nitrogens with one attached hydrogen (secondary N) is 5. The van der Waals surface area contributed by atoms with E-state index in [4.69, 9.17) is 24.4 Å². The smallest absolute Gasteiger partial charge is 0.374 e. The van der Waals surface area contributed by atoms with Crippen molar-refractivity contribution in [2.75, 3.05) is 26.4 Å². The van der Waals surface area contributed by atoms with Gasteiger partial charge in [-0.1, -0.05) is 6.92 Å². The Morgan fingerprint density at radius 3 is 2.83 bits per heavy atom.